The van der Waals surface area contributed by atoms with Gasteiger partial charge in [0, 0.05) is 20.8 Å². The van der Waals surface area contributed by atoms with Crippen molar-refractivity contribution in [2.45, 2.75) is 45.3 Å². The van der Waals surface area contributed by atoms with Crippen LogP contribution >= 0.6 is 27.3 Å². The minimum absolute atomic E-state index is 0.0714. The van der Waals surface area contributed by atoms with E-state index in [1.165, 1.54) is 5.56 Å². The first-order chi connectivity index (χ1) is 9.77. The van der Waals surface area contributed by atoms with Crippen molar-refractivity contribution < 1.29 is 4.74 Å². The van der Waals surface area contributed by atoms with E-state index in [2.05, 4.69) is 60.3 Å². The first-order valence-electron chi connectivity index (χ1n) is 7.04. The van der Waals surface area contributed by atoms with E-state index in [-0.39, 0.29) is 17.6 Å². The average Bonchev–Trinajstić information content (AvgIpc) is 2.81. The Kier molecular flexibility index (Phi) is 5.12. The van der Waals surface area contributed by atoms with Gasteiger partial charge >= 0.3 is 0 Å². The molecule has 2 N–H and O–H groups in total. The molecule has 0 saturated heterocycles. The number of benzene rings is 1. The largest absolute Gasteiger partial charge is 0.483 e. The Labute approximate surface area is 139 Å². The van der Waals surface area contributed by atoms with Crippen LogP contribution in [0.15, 0.2) is 40.2 Å². The second-order valence-electron chi connectivity index (χ2n) is 6.34. The van der Waals surface area contributed by atoms with E-state index in [0.29, 0.717) is 0 Å². The maximum absolute atomic E-state index is 6.11. The van der Waals surface area contributed by atoms with Crippen molar-refractivity contribution >= 4 is 27.3 Å². The molecular weight excluding hydrogens is 346 g/mol. The molecule has 0 radical (unpaired) electrons. The molecule has 0 spiro atoms. The molecule has 0 bridgehead atoms. The molecule has 0 aliphatic carbocycles. The molecule has 2 rings (SSSR count). The predicted octanol–water partition coefficient (Wildman–Crippen LogP) is 5.28. The molecule has 0 amide bonds. The van der Waals surface area contributed by atoms with Gasteiger partial charge in [-0.1, -0.05) is 32.9 Å². The van der Waals surface area contributed by atoms with Crippen molar-refractivity contribution in [3.63, 3.8) is 0 Å². The van der Waals surface area contributed by atoms with Crippen molar-refractivity contribution in [2.24, 2.45) is 5.73 Å². The summed E-state index contributed by atoms with van der Waals surface area (Å²) in [6.07, 6.45) is -0.123. The van der Waals surface area contributed by atoms with Crippen molar-refractivity contribution in [3.8, 4) is 5.75 Å². The number of ether oxygens (including phenoxy) is 1. The van der Waals surface area contributed by atoms with Crippen LogP contribution in [0.1, 0.15) is 44.2 Å². The number of hydrogen-bond acceptors (Lipinski definition) is 3. The molecule has 4 heteroatoms. The lowest BCUT2D eigenvalue weighted by Gasteiger charge is -2.23. The van der Waals surface area contributed by atoms with Gasteiger partial charge in [0.05, 0.1) is 0 Å². The second kappa shape index (κ2) is 6.51. The van der Waals surface area contributed by atoms with E-state index in [4.69, 9.17) is 10.5 Å². The Bertz CT molecular complexity index is 584. The van der Waals surface area contributed by atoms with Crippen LogP contribution in [-0.4, -0.2) is 6.04 Å². The van der Waals surface area contributed by atoms with Crippen LogP contribution in [0.25, 0.3) is 0 Å². The Morgan fingerprint density at radius 2 is 1.81 bits per heavy atom. The van der Waals surface area contributed by atoms with Crippen LogP contribution in [-0.2, 0) is 5.41 Å². The zero-order valence-corrected chi connectivity index (χ0v) is 15.3. The van der Waals surface area contributed by atoms with Crippen molar-refractivity contribution in [1.29, 1.82) is 0 Å². The highest BCUT2D eigenvalue weighted by atomic mass is 79.9. The molecule has 2 atom stereocenters. The number of rotatable bonds is 4. The zero-order valence-electron chi connectivity index (χ0n) is 12.9. The molecule has 0 fully saturated rings. The Hall–Kier alpha value is -0.840. The lowest BCUT2D eigenvalue weighted by molar-refractivity contribution is 0.184. The molecule has 2 aromatic rings. The summed E-state index contributed by atoms with van der Waals surface area (Å²) in [7, 11) is 0. The SMILES string of the molecule is CC(N)C(Oc1ccc(C(C)(C)C)cc1)c1cc(Br)cs1. The zero-order chi connectivity index (χ0) is 15.6. The fourth-order valence-corrected chi connectivity index (χ4v) is 3.67. The summed E-state index contributed by atoms with van der Waals surface area (Å²) < 4.78 is 7.18. The Morgan fingerprint density at radius 3 is 2.24 bits per heavy atom. The fourth-order valence-electron chi connectivity index (χ4n) is 2.08. The maximum atomic E-state index is 6.11. The minimum Gasteiger partial charge on any atom is -0.483 e. The average molecular weight is 368 g/mol. The second-order valence-corrected chi connectivity index (χ2v) is 8.20. The van der Waals surface area contributed by atoms with Gasteiger partial charge in [0.1, 0.15) is 11.9 Å². The topological polar surface area (TPSA) is 35.2 Å². The van der Waals surface area contributed by atoms with Gasteiger partial charge in [-0.15, -0.1) is 11.3 Å². The smallest absolute Gasteiger partial charge is 0.148 e. The molecule has 114 valence electrons. The highest BCUT2D eigenvalue weighted by molar-refractivity contribution is 9.10. The molecule has 2 nitrogen and oxygen atoms in total. The van der Waals surface area contributed by atoms with Gasteiger partial charge in [0.25, 0.3) is 0 Å². The predicted molar refractivity (Wildman–Crippen MR) is 94.2 cm³/mol. The van der Waals surface area contributed by atoms with Gasteiger partial charge in [-0.25, -0.2) is 0 Å². The van der Waals surface area contributed by atoms with E-state index >= 15 is 0 Å². The van der Waals surface area contributed by atoms with Crippen LogP contribution in [0.4, 0.5) is 0 Å². The summed E-state index contributed by atoms with van der Waals surface area (Å²) in [4.78, 5) is 1.14. The van der Waals surface area contributed by atoms with Gasteiger partial charge in [-0.2, -0.15) is 0 Å². The van der Waals surface area contributed by atoms with Crippen molar-refractivity contribution in [3.05, 3.63) is 50.6 Å². The first-order valence-corrected chi connectivity index (χ1v) is 8.71. The Morgan fingerprint density at radius 1 is 1.19 bits per heavy atom. The summed E-state index contributed by atoms with van der Waals surface area (Å²) in [5, 5.41) is 2.05. The molecule has 0 aliphatic heterocycles. The highest BCUT2D eigenvalue weighted by Crippen LogP contribution is 2.32. The minimum atomic E-state index is -0.123. The molecule has 1 aromatic heterocycles. The third-order valence-corrected chi connectivity index (χ3v) is 5.08. The number of hydrogen-bond donors (Lipinski definition) is 1. The van der Waals surface area contributed by atoms with Gasteiger partial charge in [-0.3, -0.25) is 0 Å². The van der Waals surface area contributed by atoms with Gasteiger partial charge in [0.15, 0.2) is 0 Å². The standard InChI is InChI=1S/C17H22BrNOS/c1-11(19)16(15-9-13(18)10-21-15)20-14-7-5-12(6-8-14)17(2,3)4/h5-11,16H,19H2,1-4H3. The third-order valence-electron chi connectivity index (χ3n) is 3.33. The molecule has 2 unspecified atom stereocenters. The fraction of sp³-hybridized carbons (Fsp3) is 0.412. The van der Waals surface area contributed by atoms with Crippen LogP contribution in [0.2, 0.25) is 0 Å². The van der Waals surface area contributed by atoms with Crippen LogP contribution in [0, 0.1) is 0 Å². The summed E-state index contributed by atoms with van der Waals surface area (Å²) in [5.41, 5.74) is 7.54. The summed E-state index contributed by atoms with van der Waals surface area (Å²) in [5.74, 6) is 0.856. The number of thiophene rings is 1. The maximum Gasteiger partial charge on any atom is 0.148 e. The van der Waals surface area contributed by atoms with Crippen molar-refractivity contribution in [2.75, 3.05) is 0 Å². The quantitative estimate of drug-likeness (QED) is 0.797. The third kappa shape index (κ3) is 4.31. The lowest BCUT2D eigenvalue weighted by Crippen LogP contribution is -2.28. The van der Waals surface area contributed by atoms with E-state index in [0.717, 1.165) is 15.1 Å². The first kappa shape index (κ1) is 16.5. The van der Waals surface area contributed by atoms with Crippen LogP contribution < -0.4 is 10.5 Å². The molecule has 0 aliphatic rings. The van der Waals surface area contributed by atoms with Gasteiger partial charge in [-0.05, 0) is 52.0 Å². The monoisotopic (exact) mass is 367 g/mol. The van der Waals surface area contributed by atoms with E-state index in [1.807, 2.05) is 19.1 Å². The van der Waals surface area contributed by atoms with Crippen molar-refractivity contribution in [1.82, 2.24) is 0 Å². The summed E-state index contributed by atoms with van der Waals surface area (Å²) in [6, 6.07) is 10.3. The van der Waals surface area contributed by atoms with Gasteiger partial charge < -0.3 is 10.5 Å². The Balaban J connectivity index is 2.18. The molecule has 21 heavy (non-hydrogen) atoms. The number of halogens is 1. The van der Waals surface area contributed by atoms with Gasteiger partial charge in [0.2, 0.25) is 0 Å². The van der Waals surface area contributed by atoms with E-state index < -0.39 is 0 Å². The van der Waals surface area contributed by atoms with Crippen LogP contribution in [0.3, 0.4) is 0 Å². The molecule has 0 saturated carbocycles. The van der Waals surface area contributed by atoms with E-state index in [9.17, 15) is 0 Å². The lowest BCUT2D eigenvalue weighted by atomic mass is 9.87. The highest BCUT2D eigenvalue weighted by Gasteiger charge is 2.20. The molecule has 1 heterocycles. The number of nitrogens with two attached hydrogens (primary N) is 1. The van der Waals surface area contributed by atoms with Crippen LogP contribution in [0.5, 0.6) is 5.75 Å². The van der Waals surface area contributed by atoms with E-state index in [1.54, 1.807) is 11.3 Å². The summed E-state index contributed by atoms with van der Waals surface area (Å²) >= 11 is 5.14. The normalized spacial score (nSPS) is 14.8. The molecule has 1 aromatic carbocycles. The molecular formula is C17H22BrNOS. The summed E-state index contributed by atoms with van der Waals surface area (Å²) in [6.45, 7) is 8.59.